The lowest BCUT2D eigenvalue weighted by atomic mass is 9.89. The van der Waals surface area contributed by atoms with E-state index in [4.69, 9.17) is 22.3 Å². The van der Waals surface area contributed by atoms with Crippen LogP contribution in [-0.2, 0) is 0 Å². The molecule has 0 spiro atoms. The predicted octanol–water partition coefficient (Wildman–Crippen LogP) is 4.64. The topological polar surface area (TPSA) is 71.8 Å². The Morgan fingerprint density at radius 3 is 2.75 bits per heavy atom. The van der Waals surface area contributed by atoms with E-state index in [9.17, 15) is 4.79 Å². The van der Waals surface area contributed by atoms with E-state index in [0.717, 1.165) is 41.7 Å². The molecule has 0 saturated heterocycles. The Balaban J connectivity index is 2.15. The number of nitrogens with two attached hydrogens (primary N) is 1. The van der Waals surface area contributed by atoms with Gasteiger partial charge in [0, 0.05) is 16.5 Å². The lowest BCUT2D eigenvalue weighted by Gasteiger charge is -2.19. The summed E-state index contributed by atoms with van der Waals surface area (Å²) in [6.07, 6.45) is 2.90. The molecule has 24 heavy (non-hydrogen) atoms. The minimum atomic E-state index is -0.467. The molecule has 1 atom stereocenters. The van der Waals surface area contributed by atoms with Crippen molar-refractivity contribution >= 4 is 28.5 Å². The van der Waals surface area contributed by atoms with Crippen LogP contribution in [-0.4, -0.2) is 15.9 Å². The number of unbranched alkanes of at least 4 members (excludes halogenated alkanes) is 1. The van der Waals surface area contributed by atoms with Gasteiger partial charge in [-0.15, -0.1) is 0 Å². The van der Waals surface area contributed by atoms with Crippen LogP contribution in [0.1, 0.15) is 53.8 Å². The van der Waals surface area contributed by atoms with Gasteiger partial charge in [0.2, 0.25) is 5.91 Å². The number of nitrogens with one attached hydrogen (secondary N) is 1. The molecule has 0 saturated carbocycles. The van der Waals surface area contributed by atoms with Gasteiger partial charge in [-0.2, -0.15) is 0 Å². The second-order valence-corrected chi connectivity index (χ2v) is 6.31. The largest absolute Gasteiger partial charge is 0.366 e. The summed E-state index contributed by atoms with van der Waals surface area (Å²) < 4.78 is 0. The average Bonchev–Trinajstić information content (AvgIpc) is 3.00. The average molecular weight is 342 g/mol. The van der Waals surface area contributed by atoms with Crippen molar-refractivity contribution in [2.75, 3.05) is 0 Å². The molecular formula is C19H20ClN3O. The maximum atomic E-state index is 11.9. The van der Waals surface area contributed by atoms with Crippen molar-refractivity contribution in [1.82, 2.24) is 9.97 Å². The van der Waals surface area contributed by atoms with Crippen LogP contribution in [0.5, 0.6) is 0 Å². The second-order valence-electron chi connectivity index (χ2n) is 5.90. The zero-order chi connectivity index (χ0) is 17.1. The molecule has 0 aliphatic heterocycles. The summed E-state index contributed by atoms with van der Waals surface area (Å²) in [6, 6.07) is 13.2. The van der Waals surface area contributed by atoms with Gasteiger partial charge < -0.3 is 10.7 Å². The molecule has 0 aliphatic carbocycles. The standard InChI is InChI=1S/C19H20ClN3O/c1-2-3-7-13(17-12(18(21)24)8-6-9-14(17)20)19-22-15-10-4-5-11-16(15)23-19/h4-6,8-11,13H,2-3,7H2,1H3,(H2,21,24)(H,22,23). The number of para-hydroxylation sites is 2. The molecule has 1 unspecified atom stereocenters. The van der Waals surface area contributed by atoms with E-state index < -0.39 is 5.91 Å². The normalized spacial score (nSPS) is 12.4. The van der Waals surface area contributed by atoms with Gasteiger partial charge in [-0.05, 0) is 36.2 Å². The van der Waals surface area contributed by atoms with E-state index in [1.807, 2.05) is 24.3 Å². The smallest absolute Gasteiger partial charge is 0.249 e. The van der Waals surface area contributed by atoms with E-state index in [0.29, 0.717) is 10.6 Å². The number of amides is 1. The molecule has 3 aromatic rings. The van der Waals surface area contributed by atoms with Gasteiger partial charge in [-0.3, -0.25) is 4.79 Å². The van der Waals surface area contributed by atoms with E-state index in [1.165, 1.54) is 0 Å². The minimum Gasteiger partial charge on any atom is -0.366 e. The molecule has 124 valence electrons. The molecule has 4 nitrogen and oxygen atoms in total. The number of carbonyl (C=O) groups excluding carboxylic acids is 1. The van der Waals surface area contributed by atoms with Crippen molar-refractivity contribution in [2.45, 2.75) is 32.1 Å². The number of benzene rings is 2. The summed E-state index contributed by atoms with van der Waals surface area (Å²) in [5, 5.41) is 0.549. The Morgan fingerprint density at radius 1 is 1.25 bits per heavy atom. The number of halogens is 1. The number of rotatable bonds is 6. The highest BCUT2D eigenvalue weighted by Gasteiger charge is 2.25. The first kappa shape index (κ1) is 16.5. The number of carbonyl (C=O) groups is 1. The molecule has 1 amide bonds. The van der Waals surface area contributed by atoms with Crippen molar-refractivity contribution < 1.29 is 4.79 Å². The number of aromatic amines is 1. The lowest BCUT2D eigenvalue weighted by molar-refractivity contribution is 0.0999. The van der Waals surface area contributed by atoms with Crippen molar-refractivity contribution in [3.63, 3.8) is 0 Å². The third-order valence-electron chi connectivity index (χ3n) is 4.25. The maximum absolute atomic E-state index is 11.9. The Kier molecular flexibility index (Phi) is 4.86. The number of fused-ring (bicyclic) bond motifs is 1. The summed E-state index contributed by atoms with van der Waals surface area (Å²) >= 11 is 6.45. The quantitative estimate of drug-likeness (QED) is 0.685. The van der Waals surface area contributed by atoms with Gasteiger partial charge >= 0.3 is 0 Å². The van der Waals surface area contributed by atoms with Crippen molar-refractivity contribution in [2.24, 2.45) is 5.73 Å². The number of hydrogen-bond acceptors (Lipinski definition) is 2. The molecule has 5 heteroatoms. The van der Waals surface area contributed by atoms with Crippen LogP contribution in [0.4, 0.5) is 0 Å². The summed E-state index contributed by atoms with van der Waals surface area (Å²) in [6.45, 7) is 2.14. The van der Waals surface area contributed by atoms with E-state index >= 15 is 0 Å². The van der Waals surface area contributed by atoms with E-state index in [2.05, 4.69) is 11.9 Å². The highest BCUT2D eigenvalue weighted by Crippen LogP contribution is 2.36. The zero-order valence-electron chi connectivity index (χ0n) is 13.6. The molecule has 0 aliphatic rings. The first-order chi connectivity index (χ1) is 11.6. The molecule has 0 fully saturated rings. The van der Waals surface area contributed by atoms with Crippen molar-refractivity contribution in [3.8, 4) is 0 Å². The number of aromatic nitrogens is 2. The number of imidazole rings is 1. The lowest BCUT2D eigenvalue weighted by Crippen LogP contribution is -2.17. The molecule has 1 aromatic heterocycles. The summed E-state index contributed by atoms with van der Waals surface area (Å²) in [4.78, 5) is 20.0. The Bertz CT molecular complexity index is 839. The summed E-state index contributed by atoms with van der Waals surface area (Å²) in [5.41, 5.74) is 8.68. The van der Waals surface area contributed by atoms with Gasteiger partial charge in [-0.1, -0.05) is 49.6 Å². The van der Waals surface area contributed by atoms with Crippen LogP contribution in [0.15, 0.2) is 42.5 Å². The molecule has 0 radical (unpaired) electrons. The second kappa shape index (κ2) is 7.05. The first-order valence-electron chi connectivity index (χ1n) is 8.14. The van der Waals surface area contributed by atoms with Crippen LogP contribution >= 0.6 is 11.6 Å². The zero-order valence-corrected chi connectivity index (χ0v) is 14.3. The van der Waals surface area contributed by atoms with Gasteiger partial charge in [0.05, 0.1) is 11.0 Å². The maximum Gasteiger partial charge on any atom is 0.249 e. The number of primary amides is 1. The van der Waals surface area contributed by atoms with Crippen LogP contribution in [0, 0.1) is 0 Å². The third-order valence-corrected chi connectivity index (χ3v) is 4.58. The van der Waals surface area contributed by atoms with E-state index in [1.54, 1.807) is 18.2 Å². The van der Waals surface area contributed by atoms with Gasteiger partial charge in [0.15, 0.2) is 0 Å². The van der Waals surface area contributed by atoms with E-state index in [-0.39, 0.29) is 5.92 Å². The predicted molar refractivity (Wildman–Crippen MR) is 97.4 cm³/mol. The summed E-state index contributed by atoms with van der Waals surface area (Å²) in [7, 11) is 0. The fourth-order valence-corrected chi connectivity index (χ4v) is 3.38. The summed E-state index contributed by atoms with van der Waals surface area (Å²) in [5.74, 6) is 0.263. The van der Waals surface area contributed by atoms with Gasteiger partial charge in [-0.25, -0.2) is 4.98 Å². The Morgan fingerprint density at radius 2 is 2.04 bits per heavy atom. The van der Waals surface area contributed by atoms with Crippen molar-refractivity contribution in [3.05, 3.63) is 64.4 Å². The Hall–Kier alpha value is -2.33. The first-order valence-corrected chi connectivity index (χ1v) is 8.52. The fraction of sp³-hybridized carbons (Fsp3) is 0.263. The Labute approximate surface area is 146 Å². The molecule has 1 heterocycles. The molecule has 2 aromatic carbocycles. The van der Waals surface area contributed by atoms with Crippen LogP contribution in [0.2, 0.25) is 5.02 Å². The molecule has 3 rings (SSSR count). The fourth-order valence-electron chi connectivity index (χ4n) is 3.07. The number of H-pyrrole nitrogens is 1. The highest BCUT2D eigenvalue weighted by atomic mass is 35.5. The minimum absolute atomic E-state index is 0.0893. The highest BCUT2D eigenvalue weighted by molar-refractivity contribution is 6.32. The van der Waals surface area contributed by atoms with Crippen molar-refractivity contribution in [1.29, 1.82) is 0 Å². The van der Waals surface area contributed by atoms with Gasteiger partial charge in [0.25, 0.3) is 0 Å². The van der Waals surface area contributed by atoms with Crippen LogP contribution in [0.25, 0.3) is 11.0 Å². The van der Waals surface area contributed by atoms with Crippen LogP contribution in [0.3, 0.4) is 0 Å². The molecule has 0 bridgehead atoms. The monoisotopic (exact) mass is 341 g/mol. The molecule has 3 N–H and O–H groups in total. The number of nitrogens with zero attached hydrogens (tertiary/aromatic N) is 1. The van der Waals surface area contributed by atoms with Gasteiger partial charge in [0.1, 0.15) is 5.82 Å². The molecular weight excluding hydrogens is 322 g/mol. The SMILES string of the molecule is CCCCC(c1nc2ccccc2[nH]1)c1c(Cl)cccc1C(N)=O. The number of hydrogen-bond donors (Lipinski definition) is 2. The van der Waals surface area contributed by atoms with Crippen LogP contribution < -0.4 is 5.73 Å². The third kappa shape index (κ3) is 3.15.